The fourth-order valence-corrected chi connectivity index (χ4v) is 4.04. The lowest BCUT2D eigenvalue weighted by atomic mass is 10.2. The molecule has 0 atom stereocenters. The van der Waals surface area contributed by atoms with E-state index in [9.17, 15) is 26.4 Å². The van der Waals surface area contributed by atoms with Gasteiger partial charge in [0.25, 0.3) is 10.2 Å². The van der Waals surface area contributed by atoms with E-state index in [-0.39, 0.29) is 5.69 Å². The highest BCUT2D eigenvalue weighted by Crippen LogP contribution is 2.36. The van der Waals surface area contributed by atoms with Gasteiger partial charge in [0.15, 0.2) is 0 Å². The molecule has 1 aliphatic rings. The van der Waals surface area contributed by atoms with Crippen molar-refractivity contribution in [1.29, 1.82) is 0 Å². The van der Waals surface area contributed by atoms with Gasteiger partial charge in [-0.25, -0.2) is 0 Å². The highest BCUT2D eigenvalue weighted by Gasteiger charge is 2.34. The summed E-state index contributed by atoms with van der Waals surface area (Å²) in [6, 6.07) is 2.93. The number of carbonyl (C=O) groups excluding carboxylic acids is 1. The van der Waals surface area contributed by atoms with E-state index >= 15 is 0 Å². The number of rotatable bonds is 5. The summed E-state index contributed by atoms with van der Waals surface area (Å²) in [5.41, 5.74) is -1.20. The maximum absolute atomic E-state index is 12.8. The number of halogens is 4. The molecule has 25 heavy (non-hydrogen) atoms. The van der Waals surface area contributed by atoms with Crippen LogP contribution in [0.5, 0.6) is 0 Å². The molecule has 2 rings (SSSR count). The van der Waals surface area contributed by atoms with Crippen molar-refractivity contribution >= 4 is 33.4 Å². The molecule has 0 unspecified atom stereocenters. The molecule has 0 aromatic heterocycles. The van der Waals surface area contributed by atoms with E-state index in [1.807, 2.05) is 0 Å². The number of anilines is 1. The van der Waals surface area contributed by atoms with Crippen LogP contribution in [0.4, 0.5) is 18.9 Å². The monoisotopic (exact) mass is 399 g/mol. The third-order valence-corrected chi connectivity index (χ3v) is 5.97. The molecule has 0 aliphatic carbocycles. The van der Waals surface area contributed by atoms with E-state index in [2.05, 4.69) is 5.32 Å². The maximum atomic E-state index is 12.8. The minimum Gasteiger partial charge on any atom is -0.325 e. The van der Waals surface area contributed by atoms with Gasteiger partial charge in [-0.05, 0) is 31.0 Å². The van der Waals surface area contributed by atoms with E-state index in [0.29, 0.717) is 19.2 Å². The molecule has 1 fully saturated rings. The lowest BCUT2D eigenvalue weighted by Gasteiger charge is -2.23. The number of nitrogens with one attached hydrogen (secondary N) is 1. The van der Waals surface area contributed by atoms with Gasteiger partial charge in [-0.3, -0.25) is 4.79 Å². The first-order valence-electron chi connectivity index (χ1n) is 7.40. The minimum atomic E-state index is -4.66. The van der Waals surface area contributed by atoms with E-state index in [4.69, 9.17) is 11.6 Å². The fourth-order valence-electron chi connectivity index (χ4n) is 2.42. The molecule has 1 amide bonds. The zero-order valence-electron chi connectivity index (χ0n) is 13.3. The summed E-state index contributed by atoms with van der Waals surface area (Å²) < 4.78 is 65.1. The average Bonchev–Trinajstić information content (AvgIpc) is 3.03. The number of hydrogen-bond acceptors (Lipinski definition) is 3. The zero-order valence-corrected chi connectivity index (χ0v) is 14.9. The Morgan fingerprint density at radius 2 is 1.92 bits per heavy atom. The predicted octanol–water partition coefficient (Wildman–Crippen LogP) is 2.57. The maximum Gasteiger partial charge on any atom is 0.417 e. The van der Waals surface area contributed by atoms with Crippen molar-refractivity contribution < 1.29 is 26.4 Å². The highest BCUT2D eigenvalue weighted by atomic mass is 35.5. The first-order valence-corrected chi connectivity index (χ1v) is 9.17. The molecule has 6 nitrogen and oxygen atoms in total. The number of carbonyl (C=O) groups is 1. The summed E-state index contributed by atoms with van der Waals surface area (Å²) >= 11 is 5.51. The van der Waals surface area contributed by atoms with Gasteiger partial charge in [0, 0.05) is 25.8 Å². The molecular weight excluding hydrogens is 383 g/mol. The molecular formula is C14H17ClF3N3O3S. The van der Waals surface area contributed by atoms with Crippen LogP contribution in [0.15, 0.2) is 18.2 Å². The Balaban J connectivity index is 2.05. The molecule has 11 heteroatoms. The molecule has 1 heterocycles. The molecule has 1 aromatic carbocycles. The second-order valence-electron chi connectivity index (χ2n) is 5.61. The van der Waals surface area contributed by atoms with Gasteiger partial charge in [-0.15, -0.1) is 0 Å². The fraction of sp³-hybridized carbons (Fsp3) is 0.500. The number of hydrogen-bond donors (Lipinski definition) is 1. The largest absolute Gasteiger partial charge is 0.417 e. The average molecular weight is 400 g/mol. The Morgan fingerprint density at radius 3 is 2.48 bits per heavy atom. The van der Waals surface area contributed by atoms with E-state index in [0.717, 1.165) is 23.2 Å². The third kappa shape index (κ3) is 4.84. The normalized spacial score (nSPS) is 16.4. The van der Waals surface area contributed by atoms with Gasteiger partial charge in [0.05, 0.1) is 17.1 Å². The van der Waals surface area contributed by atoms with Gasteiger partial charge in [-0.1, -0.05) is 11.6 Å². The van der Waals surface area contributed by atoms with Crippen molar-refractivity contribution in [3.8, 4) is 0 Å². The zero-order chi connectivity index (χ0) is 18.8. The lowest BCUT2D eigenvalue weighted by molar-refractivity contribution is -0.137. The predicted molar refractivity (Wildman–Crippen MR) is 87.4 cm³/mol. The SMILES string of the molecule is CN(CC(=O)Nc1ccc(Cl)c(C(F)(F)F)c1)S(=O)(=O)N1CCCC1. The molecule has 1 aliphatic heterocycles. The topological polar surface area (TPSA) is 69.7 Å². The minimum absolute atomic E-state index is 0.117. The number of likely N-dealkylation sites (N-methyl/N-ethyl adjacent to an activating group) is 1. The third-order valence-electron chi connectivity index (χ3n) is 3.71. The van der Waals surface area contributed by atoms with E-state index in [1.54, 1.807) is 0 Å². The van der Waals surface area contributed by atoms with Crippen molar-refractivity contribution in [2.75, 3.05) is 32.0 Å². The van der Waals surface area contributed by atoms with Crippen molar-refractivity contribution in [2.24, 2.45) is 0 Å². The lowest BCUT2D eigenvalue weighted by Crippen LogP contribution is -2.43. The molecule has 1 saturated heterocycles. The number of amides is 1. The molecule has 140 valence electrons. The quantitative estimate of drug-likeness (QED) is 0.827. The molecule has 0 bridgehead atoms. The Labute approximate surface area is 148 Å². The second kappa shape index (κ2) is 7.48. The van der Waals surface area contributed by atoms with Crippen LogP contribution in [0.25, 0.3) is 0 Å². The van der Waals surface area contributed by atoms with Crippen LogP contribution in [0.1, 0.15) is 18.4 Å². The van der Waals surface area contributed by atoms with E-state index in [1.165, 1.54) is 17.4 Å². The van der Waals surface area contributed by atoms with E-state index < -0.39 is 39.4 Å². The smallest absolute Gasteiger partial charge is 0.325 e. The van der Waals surface area contributed by atoms with Crippen LogP contribution in [0.2, 0.25) is 5.02 Å². The van der Waals surface area contributed by atoms with Crippen LogP contribution in [0.3, 0.4) is 0 Å². The summed E-state index contributed by atoms with van der Waals surface area (Å²) in [7, 11) is -2.51. The molecule has 0 saturated carbocycles. The van der Waals surface area contributed by atoms with Gasteiger partial charge in [0.1, 0.15) is 0 Å². The molecule has 1 N–H and O–H groups in total. The summed E-state index contributed by atoms with van der Waals surface area (Å²) in [5.74, 6) is -0.749. The highest BCUT2D eigenvalue weighted by molar-refractivity contribution is 7.86. The number of nitrogens with zero attached hydrogens (tertiary/aromatic N) is 2. The summed E-state index contributed by atoms with van der Waals surface area (Å²) in [5, 5.41) is 1.77. The van der Waals surface area contributed by atoms with Crippen LogP contribution in [-0.4, -0.2) is 49.6 Å². The Kier molecular flexibility index (Phi) is 5.97. The van der Waals surface area contributed by atoms with Crippen molar-refractivity contribution in [3.63, 3.8) is 0 Å². The molecule has 0 radical (unpaired) electrons. The summed E-state index contributed by atoms with van der Waals surface area (Å²) in [6.07, 6.45) is -3.15. The Bertz CT molecular complexity index is 749. The van der Waals surface area contributed by atoms with Crippen LogP contribution >= 0.6 is 11.6 Å². The first kappa shape index (κ1) is 20.0. The first-order chi connectivity index (χ1) is 11.5. The van der Waals surface area contributed by atoms with Crippen molar-refractivity contribution in [2.45, 2.75) is 19.0 Å². The second-order valence-corrected chi connectivity index (χ2v) is 8.05. The Hall–Kier alpha value is -1.36. The van der Waals surface area contributed by atoms with Gasteiger partial charge < -0.3 is 5.32 Å². The van der Waals surface area contributed by atoms with Crippen molar-refractivity contribution in [1.82, 2.24) is 8.61 Å². The van der Waals surface area contributed by atoms with Crippen LogP contribution < -0.4 is 5.32 Å². The van der Waals surface area contributed by atoms with Crippen LogP contribution in [0, 0.1) is 0 Å². The van der Waals surface area contributed by atoms with Gasteiger partial charge in [0.2, 0.25) is 5.91 Å². The number of benzene rings is 1. The van der Waals surface area contributed by atoms with Crippen molar-refractivity contribution in [3.05, 3.63) is 28.8 Å². The Morgan fingerprint density at radius 1 is 1.32 bits per heavy atom. The summed E-state index contributed by atoms with van der Waals surface area (Å²) in [6.45, 7) is 0.268. The number of alkyl halides is 3. The molecule has 1 aromatic rings. The van der Waals surface area contributed by atoms with Gasteiger partial charge in [-0.2, -0.15) is 30.2 Å². The molecule has 0 spiro atoms. The van der Waals surface area contributed by atoms with Gasteiger partial charge >= 0.3 is 6.18 Å². The standard InChI is InChI=1S/C14H17ClF3N3O3S/c1-20(25(23,24)21-6-2-3-7-21)9-13(22)19-10-4-5-12(15)11(8-10)14(16,17)18/h4-5,8H,2-3,6-7,9H2,1H3,(H,19,22). The van der Waals surface area contributed by atoms with Crippen LogP contribution in [-0.2, 0) is 21.2 Å². The summed E-state index contributed by atoms with van der Waals surface area (Å²) in [4.78, 5) is 12.0.